The molecule has 2 aliphatic rings. The maximum absolute atomic E-state index is 6.64. The summed E-state index contributed by atoms with van der Waals surface area (Å²) < 4.78 is 8.62. The normalized spacial score (nSPS) is 18.6. The summed E-state index contributed by atoms with van der Waals surface area (Å²) in [6.07, 6.45) is 1.66. The van der Waals surface area contributed by atoms with Gasteiger partial charge in [0.15, 0.2) is 0 Å². The van der Waals surface area contributed by atoms with Crippen LogP contribution in [0.3, 0.4) is 0 Å². The summed E-state index contributed by atoms with van der Waals surface area (Å²) in [5.74, 6) is 1.56. The highest BCUT2D eigenvalue weighted by atomic mass is 35.5. The molecule has 1 N–H and O–H groups in total. The SMILES string of the molecule is CSc1nc2n(n1)[C@H](c1ccc(C)cc1)C1=C(N2)c2ccccc2O[C@@H]1c1cccc(Cl)c1. The van der Waals surface area contributed by atoms with Gasteiger partial charge in [0.2, 0.25) is 11.1 Å². The predicted molar refractivity (Wildman–Crippen MR) is 133 cm³/mol. The number of hydrogen-bond acceptors (Lipinski definition) is 5. The highest BCUT2D eigenvalue weighted by Crippen LogP contribution is 2.51. The molecule has 164 valence electrons. The molecule has 0 radical (unpaired) electrons. The number of rotatable bonds is 3. The summed E-state index contributed by atoms with van der Waals surface area (Å²) in [5.41, 5.74) is 6.45. The number of anilines is 1. The van der Waals surface area contributed by atoms with Gasteiger partial charge in [0.25, 0.3) is 0 Å². The predicted octanol–water partition coefficient (Wildman–Crippen LogP) is 6.52. The van der Waals surface area contributed by atoms with Crippen LogP contribution in [0.4, 0.5) is 5.95 Å². The number of benzene rings is 3. The molecule has 3 aromatic carbocycles. The van der Waals surface area contributed by atoms with Crippen LogP contribution >= 0.6 is 23.4 Å². The van der Waals surface area contributed by atoms with E-state index in [1.807, 2.05) is 47.3 Å². The fourth-order valence-electron chi connectivity index (χ4n) is 4.56. The average Bonchev–Trinajstić information content (AvgIpc) is 3.26. The van der Waals surface area contributed by atoms with Gasteiger partial charge in [-0.25, -0.2) is 4.68 Å². The molecule has 33 heavy (non-hydrogen) atoms. The van der Waals surface area contributed by atoms with Crippen molar-refractivity contribution in [2.24, 2.45) is 0 Å². The first-order valence-electron chi connectivity index (χ1n) is 10.7. The maximum atomic E-state index is 6.64. The smallest absolute Gasteiger partial charge is 0.227 e. The second-order valence-electron chi connectivity index (χ2n) is 8.18. The summed E-state index contributed by atoms with van der Waals surface area (Å²) in [7, 11) is 0. The second kappa shape index (κ2) is 7.97. The summed E-state index contributed by atoms with van der Waals surface area (Å²) >= 11 is 7.93. The van der Waals surface area contributed by atoms with Gasteiger partial charge in [0, 0.05) is 16.2 Å². The molecule has 0 fully saturated rings. The topological polar surface area (TPSA) is 52.0 Å². The zero-order valence-corrected chi connectivity index (χ0v) is 19.7. The Hall–Kier alpha value is -3.22. The van der Waals surface area contributed by atoms with Crippen LogP contribution in [0.2, 0.25) is 5.02 Å². The first-order chi connectivity index (χ1) is 16.1. The Morgan fingerprint density at radius 1 is 1.00 bits per heavy atom. The van der Waals surface area contributed by atoms with Gasteiger partial charge in [-0.1, -0.05) is 77.5 Å². The van der Waals surface area contributed by atoms with Gasteiger partial charge >= 0.3 is 0 Å². The molecule has 0 spiro atoms. The van der Waals surface area contributed by atoms with Crippen LogP contribution in [0.5, 0.6) is 5.75 Å². The van der Waals surface area contributed by atoms with Crippen LogP contribution in [-0.4, -0.2) is 21.0 Å². The molecule has 2 atom stereocenters. The van der Waals surface area contributed by atoms with Crippen molar-refractivity contribution in [1.29, 1.82) is 0 Å². The second-order valence-corrected chi connectivity index (χ2v) is 9.39. The van der Waals surface area contributed by atoms with E-state index in [0.29, 0.717) is 5.02 Å². The molecule has 3 heterocycles. The molecular formula is C26H21ClN4OS. The van der Waals surface area contributed by atoms with Gasteiger partial charge in [-0.3, -0.25) is 0 Å². The maximum Gasteiger partial charge on any atom is 0.227 e. The van der Waals surface area contributed by atoms with Crippen LogP contribution in [-0.2, 0) is 0 Å². The lowest BCUT2D eigenvalue weighted by molar-refractivity contribution is 0.223. The van der Waals surface area contributed by atoms with Crippen molar-refractivity contribution in [2.75, 3.05) is 11.6 Å². The van der Waals surface area contributed by atoms with Crippen LogP contribution < -0.4 is 10.1 Å². The fourth-order valence-corrected chi connectivity index (χ4v) is 5.10. The van der Waals surface area contributed by atoms with Crippen LogP contribution in [0.1, 0.15) is 34.4 Å². The Morgan fingerprint density at radius 2 is 1.82 bits per heavy atom. The zero-order valence-electron chi connectivity index (χ0n) is 18.1. The molecule has 5 nitrogen and oxygen atoms in total. The number of ether oxygens (including phenoxy) is 1. The van der Waals surface area contributed by atoms with E-state index in [4.69, 9.17) is 26.4 Å². The first-order valence-corrected chi connectivity index (χ1v) is 12.3. The van der Waals surface area contributed by atoms with E-state index < -0.39 is 0 Å². The van der Waals surface area contributed by atoms with Crippen molar-refractivity contribution in [3.63, 3.8) is 0 Å². The molecule has 0 saturated heterocycles. The molecule has 0 aliphatic carbocycles. The third kappa shape index (κ3) is 3.41. The van der Waals surface area contributed by atoms with Crippen molar-refractivity contribution in [1.82, 2.24) is 14.8 Å². The number of halogens is 1. The van der Waals surface area contributed by atoms with Gasteiger partial charge in [-0.05, 0) is 48.6 Å². The van der Waals surface area contributed by atoms with Crippen molar-refractivity contribution < 1.29 is 4.74 Å². The van der Waals surface area contributed by atoms with Gasteiger partial charge in [0.1, 0.15) is 17.9 Å². The van der Waals surface area contributed by atoms with E-state index in [9.17, 15) is 0 Å². The van der Waals surface area contributed by atoms with Crippen LogP contribution in [0, 0.1) is 6.92 Å². The molecule has 6 rings (SSSR count). The minimum absolute atomic E-state index is 0.178. The van der Waals surface area contributed by atoms with E-state index in [0.717, 1.165) is 44.8 Å². The number of aromatic nitrogens is 3. The van der Waals surface area contributed by atoms with Gasteiger partial charge < -0.3 is 10.1 Å². The van der Waals surface area contributed by atoms with Gasteiger partial charge in [-0.15, -0.1) is 5.10 Å². The lowest BCUT2D eigenvalue weighted by Crippen LogP contribution is -2.32. The lowest BCUT2D eigenvalue weighted by Gasteiger charge is -2.39. The molecule has 1 aromatic heterocycles. The highest BCUT2D eigenvalue weighted by Gasteiger charge is 2.41. The van der Waals surface area contributed by atoms with Crippen LogP contribution in [0.25, 0.3) is 5.70 Å². The molecule has 2 aliphatic heterocycles. The highest BCUT2D eigenvalue weighted by molar-refractivity contribution is 7.98. The van der Waals surface area contributed by atoms with Crippen molar-refractivity contribution in [3.05, 3.63) is 106 Å². The summed E-state index contributed by atoms with van der Waals surface area (Å²) in [6, 6.07) is 24.4. The molecule has 0 bridgehead atoms. The Balaban J connectivity index is 1.64. The zero-order chi connectivity index (χ0) is 22.5. The van der Waals surface area contributed by atoms with Crippen molar-refractivity contribution in [3.8, 4) is 5.75 Å². The number of hydrogen-bond donors (Lipinski definition) is 1. The number of aryl methyl sites for hydroxylation is 1. The number of thioether (sulfide) groups is 1. The Bertz CT molecular complexity index is 1400. The molecule has 0 amide bonds. The molecular weight excluding hydrogens is 452 g/mol. The molecule has 7 heteroatoms. The summed E-state index contributed by atoms with van der Waals surface area (Å²) in [4.78, 5) is 4.75. The Labute approximate surface area is 201 Å². The Kier molecular flexibility index (Phi) is 4.93. The largest absolute Gasteiger partial charge is 0.480 e. The molecule has 0 unspecified atom stereocenters. The first kappa shape index (κ1) is 20.4. The molecule has 0 saturated carbocycles. The van der Waals surface area contributed by atoms with Crippen molar-refractivity contribution in [2.45, 2.75) is 24.2 Å². The van der Waals surface area contributed by atoms with E-state index >= 15 is 0 Å². The quantitative estimate of drug-likeness (QED) is 0.344. The lowest BCUT2D eigenvalue weighted by atomic mass is 9.84. The number of para-hydroxylation sites is 1. The minimum atomic E-state index is -0.331. The van der Waals surface area contributed by atoms with Gasteiger partial charge in [0.05, 0.1) is 5.70 Å². The van der Waals surface area contributed by atoms with E-state index in [1.54, 1.807) is 0 Å². The summed E-state index contributed by atoms with van der Waals surface area (Å²) in [6.45, 7) is 2.10. The summed E-state index contributed by atoms with van der Waals surface area (Å²) in [5, 5.41) is 9.81. The van der Waals surface area contributed by atoms with Gasteiger partial charge in [-0.2, -0.15) is 4.98 Å². The third-order valence-electron chi connectivity index (χ3n) is 6.09. The monoisotopic (exact) mass is 472 g/mol. The average molecular weight is 473 g/mol. The fraction of sp³-hybridized carbons (Fsp3) is 0.154. The minimum Gasteiger partial charge on any atom is -0.480 e. The van der Waals surface area contributed by atoms with E-state index in [-0.39, 0.29) is 12.1 Å². The Morgan fingerprint density at radius 3 is 2.61 bits per heavy atom. The number of nitrogens with one attached hydrogen (secondary N) is 1. The third-order valence-corrected chi connectivity index (χ3v) is 6.86. The number of nitrogens with zero attached hydrogens (tertiary/aromatic N) is 3. The number of fused-ring (bicyclic) bond motifs is 3. The molecule has 4 aromatic rings. The van der Waals surface area contributed by atoms with Crippen LogP contribution in [0.15, 0.2) is 83.5 Å². The van der Waals surface area contributed by atoms with Crippen molar-refractivity contribution >= 4 is 35.0 Å². The standard InChI is InChI=1S/C26H21ClN4OS/c1-15-10-12-16(13-11-15)23-21-22(28-25-29-26(33-2)30-31(23)25)19-8-3-4-9-20(19)32-24(21)17-6-5-7-18(27)14-17/h3-14,23-24H,1-2H3,(H,28,29,30)/t23-,24-/m1/s1. The van der Waals surface area contributed by atoms with E-state index in [2.05, 4.69) is 48.6 Å². The van der Waals surface area contributed by atoms with E-state index in [1.165, 1.54) is 17.3 Å².